The number of hydrogen-bond acceptors (Lipinski definition) is 7. The second-order valence-corrected chi connectivity index (χ2v) is 13.0. The normalized spacial score (nSPS) is 24.0. The summed E-state index contributed by atoms with van der Waals surface area (Å²) >= 11 is 13.5. The first kappa shape index (κ1) is 30.1. The highest BCUT2D eigenvalue weighted by atomic mass is 35.5. The molecule has 7 nitrogen and oxygen atoms in total. The number of nitrogens with one attached hydrogen (secondary N) is 1. The lowest BCUT2D eigenvalue weighted by atomic mass is 9.92. The fourth-order valence-electron chi connectivity index (χ4n) is 7.24. The number of halogens is 6. The van der Waals surface area contributed by atoms with Gasteiger partial charge in [0.15, 0.2) is 11.6 Å². The van der Waals surface area contributed by atoms with Gasteiger partial charge >= 0.3 is 6.01 Å². The van der Waals surface area contributed by atoms with E-state index in [9.17, 15) is 13.2 Å². The van der Waals surface area contributed by atoms with Gasteiger partial charge in [-0.25, -0.2) is 17.6 Å². The van der Waals surface area contributed by atoms with Crippen LogP contribution in [0, 0.1) is 5.82 Å². The van der Waals surface area contributed by atoms with Crippen LogP contribution in [0.3, 0.4) is 0 Å². The Hall–Kier alpha value is -2.60. The SMILES string of the molecule is COc1c(Cl)c(-c2cc(C(F)F)cc(Cl)c2C2CC2)c(F)c2nc(OC[C@@]34CCCN3CC(F)C4)nc(N3CCNCC3)c12. The lowest BCUT2D eigenvalue weighted by Crippen LogP contribution is -2.44. The van der Waals surface area contributed by atoms with Gasteiger partial charge in [-0.3, -0.25) is 4.90 Å². The van der Waals surface area contributed by atoms with Crippen molar-refractivity contribution < 1.29 is 27.0 Å². The summed E-state index contributed by atoms with van der Waals surface area (Å²) in [6.07, 6.45) is -0.0580. The molecule has 2 atom stereocenters. The Morgan fingerprint density at radius 1 is 1.14 bits per heavy atom. The molecule has 0 spiro atoms. The molecule has 2 aromatic carbocycles. The van der Waals surface area contributed by atoms with Crippen molar-refractivity contribution in [1.29, 1.82) is 0 Å². The maximum atomic E-state index is 17.0. The molecule has 4 fully saturated rings. The largest absolute Gasteiger partial charge is 0.494 e. The minimum absolute atomic E-state index is 0.00133. The van der Waals surface area contributed by atoms with E-state index in [-0.39, 0.29) is 61.9 Å². The zero-order valence-electron chi connectivity index (χ0n) is 24.2. The Labute approximate surface area is 262 Å². The fraction of sp³-hybridized carbons (Fsp3) is 0.548. The van der Waals surface area contributed by atoms with Crippen molar-refractivity contribution in [1.82, 2.24) is 20.2 Å². The number of alkyl halides is 3. The average molecular weight is 655 g/mol. The maximum Gasteiger partial charge on any atom is 0.319 e. The Bertz CT molecular complexity index is 1600. The second kappa shape index (κ2) is 11.6. The lowest BCUT2D eigenvalue weighted by Gasteiger charge is -2.32. The highest BCUT2D eigenvalue weighted by Crippen LogP contribution is 2.53. The molecule has 1 aliphatic carbocycles. The zero-order chi connectivity index (χ0) is 30.7. The summed E-state index contributed by atoms with van der Waals surface area (Å²) in [6, 6.07) is 2.45. The number of anilines is 1. The van der Waals surface area contributed by atoms with Crippen molar-refractivity contribution in [3.63, 3.8) is 0 Å². The number of hydrogen-bond donors (Lipinski definition) is 1. The molecule has 7 rings (SSSR count). The molecule has 1 aromatic heterocycles. The van der Waals surface area contributed by atoms with Gasteiger partial charge in [0, 0.05) is 55.3 Å². The third kappa shape index (κ3) is 5.13. The van der Waals surface area contributed by atoms with Gasteiger partial charge in [0.25, 0.3) is 6.43 Å². The number of rotatable bonds is 8. The van der Waals surface area contributed by atoms with Crippen molar-refractivity contribution >= 4 is 39.9 Å². The predicted octanol–water partition coefficient (Wildman–Crippen LogP) is 6.93. The second-order valence-electron chi connectivity index (χ2n) is 12.2. The van der Waals surface area contributed by atoms with Crippen LogP contribution in [-0.2, 0) is 0 Å². The maximum absolute atomic E-state index is 17.0. The van der Waals surface area contributed by atoms with E-state index < -0.39 is 24.0 Å². The molecule has 1 unspecified atom stereocenters. The van der Waals surface area contributed by atoms with Crippen molar-refractivity contribution in [2.24, 2.45) is 0 Å². The predicted molar refractivity (Wildman–Crippen MR) is 162 cm³/mol. The van der Waals surface area contributed by atoms with E-state index >= 15 is 4.39 Å². The number of ether oxygens (including phenoxy) is 2. The molecular weight excluding hydrogens is 621 g/mol. The first-order chi connectivity index (χ1) is 21.2. The van der Waals surface area contributed by atoms with Crippen molar-refractivity contribution in [3.05, 3.63) is 39.1 Å². The summed E-state index contributed by atoms with van der Waals surface area (Å²) in [4.78, 5) is 13.4. The van der Waals surface area contributed by atoms with E-state index in [4.69, 9.17) is 37.7 Å². The van der Waals surface area contributed by atoms with Crippen LogP contribution in [0.1, 0.15) is 55.6 Å². The van der Waals surface area contributed by atoms with Crippen LogP contribution in [0.25, 0.3) is 22.0 Å². The van der Waals surface area contributed by atoms with Crippen LogP contribution in [0.5, 0.6) is 11.8 Å². The van der Waals surface area contributed by atoms with Crippen LogP contribution < -0.4 is 19.7 Å². The van der Waals surface area contributed by atoms with Crippen LogP contribution in [-0.4, -0.2) is 79.6 Å². The molecule has 13 heteroatoms. The van der Waals surface area contributed by atoms with Gasteiger partial charge in [0.1, 0.15) is 24.1 Å². The third-order valence-electron chi connectivity index (χ3n) is 9.45. The number of benzene rings is 2. The summed E-state index contributed by atoms with van der Waals surface area (Å²) in [5.41, 5.74) is -0.220. The smallest absolute Gasteiger partial charge is 0.319 e. The Morgan fingerprint density at radius 2 is 1.91 bits per heavy atom. The number of fused-ring (bicyclic) bond motifs is 2. The summed E-state index contributed by atoms with van der Waals surface area (Å²) in [5.74, 6) is -0.270. The van der Waals surface area contributed by atoms with Crippen LogP contribution in [0.4, 0.5) is 23.4 Å². The zero-order valence-corrected chi connectivity index (χ0v) is 25.8. The molecule has 3 saturated heterocycles. The van der Waals surface area contributed by atoms with Crippen LogP contribution in [0.15, 0.2) is 12.1 Å². The van der Waals surface area contributed by atoms with Gasteiger partial charge < -0.3 is 19.7 Å². The van der Waals surface area contributed by atoms with Gasteiger partial charge in [-0.2, -0.15) is 9.97 Å². The van der Waals surface area contributed by atoms with Gasteiger partial charge in [-0.15, -0.1) is 0 Å². The minimum Gasteiger partial charge on any atom is -0.494 e. The van der Waals surface area contributed by atoms with Gasteiger partial charge in [0.2, 0.25) is 0 Å². The average Bonchev–Trinajstić information content (AvgIpc) is 3.69. The number of aromatic nitrogens is 2. The van der Waals surface area contributed by atoms with Crippen LogP contribution >= 0.6 is 23.2 Å². The molecule has 1 N–H and O–H groups in total. The van der Waals surface area contributed by atoms with Crippen molar-refractivity contribution in [2.75, 3.05) is 57.9 Å². The molecule has 1 saturated carbocycles. The highest BCUT2D eigenvalue weighted by Gasteiger charge is 2.49. The Morgan fingerprint density at radius 3 is 2.61 bits per heavy atom. The first-order valence-corrected chi connectivity index (χ1v) is 15.8. The molecule has 3 aliphatic heterocycles. The Balaban J connectivity index is 1.42. The molecule has 0 radical (unpaired) electrons. The quantitative estimate of drug-likeness (QED) is 0.265. The molecule has 4 aliphatic rings. The van der Waals surface area contributed by atoms with Gasteiger partial charge in [-0.05, 0) is 61.4 Å². The molecule has 44 heavy (non-hydrogen) atoms. The van der Waals surface area contributed by atoms with Gasteiger partial charge in [0.05, 0.1) is 23.1 Å². The monoisotopic (exact) mass is 653 g/mol. The number of methoxy groups -OCH3 is 1. The standard InChI is InChI=1S/C31H33Cl2F4N5O2/c1-43-27-23-26(25(35)22(24(27)33)19-11-17(28(36)37)12-20(32)21(19)16-3-4-16)39-30(40-29(23)41-9-6-38-7-10-41)44-15-31-5-2-8-42(31)14-18(34)13-31/h11-12,16,18,28,38H,2-10,13-15H2,1H3/t18?,31-/m0/s1. The molecule has 0 bridgehead atoms. The molecule has 236 valence electrons. The van der Waals surface area contributed by atoms with Crippen molar-refractivity contribution in [3.8, 4) is 22.9 Å². The molecule has 0 amide bonds. The van der Waals surface area contributed by atoms with E-state index in [0.717, 1.165) is 32.2 Å². The number of piperazine rings is 1. The third-order valence-corrected chi connectivity index (χ3v) is 10.1. The lowest BCUT2D eigenvalue weighted by molar-refractivity contribution is 0.107. The molecule has 3 aromatic rings. The van der Waals surface area contributed by atoms with E-state index in [0.29, 0.717) is 50.5 Å². The van der Waals surface area contributed by atoms with E-state index in [1.165, 1.54) is 19.2 Å². The summed E-state index contributed by atoms with van der Waals surface area (Å²) < 4.78 is 71.3. The van der Waals surface area contributed by atoms with E-state index in [1.54, 1.807) is 0 Å². The highest BCUT2D eigenvalue weighted by molar-refractivity contribution is 6.37. The topological polar surface area (TPSA) is 62.8 Å². The van der Waals surface area contributed by atoms with E-state index in [2.05, 4.69) is 15.2 Å². The fourth-order valence-corrected chi connectivity index (χ4v) is 7.98. The minimum atomic E-state index is -2.82. The van der Waals surface area contributed by atoms with Gasteiger partial charge in [-0.1, -0.05) is 23.2 Å². The van der Waals surface area contributed by atoms with Crippen molar-refractivity contribution in [2.45, 2.75) is 56.2 Å². The molecule has 4 heterocycles. The van der Waals surface area contributed by atoms with Crippen LogP contribution in [0.2, 0.25) is 10.0 Å². The Kier molecular flexibility index (Phi) is 7.96. The number of nitrogens with zero attached hydrogens (tertiary/aromatic N) is 4. The van der Waals surface area contributed by atoms with E-state index in [1.807, 2.05) is 4.90 Å². The molecular formula is C31H33Cl2F4N5O2. The first-order valence-electron chi connectivity index (χ1n) is 15.1. The summed E-state index contributed by atoms with van der Waals surface area (Å²) in [7, 11) is 1.42. The summed E-state index contributed by atoms with van der Waals surface area (Å²) in [6.45, 7) is 3.84. The summed E-state index contributed by atoms with van der Waals surface area (Å²) in [5, 5.41) is 3.64.